The van der Waals surface area contributed by atoms with E-state index in [1.807, 2.05) is 13.1 Å². The van der Waals surface area contributed by atoms with Crippen molar-refractivity contribution in [2.24, 2.45) is 12.0 Å². The summed E-state index contributed by atoms with van der Waals surface area (Å²) in [6.07, 6.45) is 1.54. The van der Waals surface area contributed by atoms with Gasteiger partial charge in [-0.05, 0) is 61.2 Å². The van der Waals surface area contributed by atoms with Crippen LogP contribution in [0.1, 0.15) is 28.1 Å². The quantitative estimate of drug-likeness (QED) is 0.497. The van der Waals surface area contributed by atoms with Gasteiger partial charge >= 0.3 is 0 Å². The van der Waals surface area contributed by atoms with Gasteiger partial charge in [0.15, 0.2) is 5.96 Å². The molecule has 0 aliphatic rings. The van der Waals surface area contributed by atoms with Crippen LogP contribution >= 0.6 is 0 Å². The molecular formula is C22H28N6O. The molecular weight excluding hydrogens is 364 g/mol. The van der Waals surface area contributed by atoms with Gasteiger partial charge in [-0.2, -0.15) is 5.10 Å². The Morgan fingerprint density at radius 3 is 2.38 bits per heavy atom. The van der Waals surface area contributed by atoms with Crippen LogP contribution in [0.3, 0.4) is 0 Å². The van der Waals surface area contributed by atoms with E-state index in [-0.39, 0.29) is 0 Å². The maximum Gasteiger partial charge on any atom is 0.191 e. The van der Waals surface area contributed by atoms with Crippen LogP contribution in [0.25, 0.3) is 0 Å². The third-order valence-electron chi connectivity index (χ3n) is 4.57. The maximum atomic E-state index is 6.09. The summed E-state index contributed by atoms with van der Waals surface area (Å²) < 4.78 is 7.83. The van der Waals surface area contributed by atoms with Crippen LogP contribution in [0.4, 0.5) is 0 Å². The average Bonchev–Trinajstić information content (AvgIpc) is 3.08. The fraction of sp³-hybridized carbons (Fsp3) is 0.318. The van der Waals surface area contributed by atoms with E-state index in [2.05, 4.69) is 76.8 Å². The maximum absolute atomic E-state index is 6.09. The highest BCUT2D eigenvalue weighted by atomic mass is 16.5. The summed E-state index contributed by atoms with van der Waals surface area (Å²) in [6, 6.07) is 12.4. The van der Waals surface area contributed by atoms with Gasteiger partial charge in [-0.1, -0.05) is 18.2 Å². The second-order valence-corrected chi connectivity index (χ2v) is 7.10. The minimum atomic E-state index is 0.553. The Labute approximate surface area is 171 Å². The van der Waals surface area contributed by atoms with Crippen molar-refractivity contribution in [1.82, 2.24) is 25.4 Å². The molecule has 3 aromatic rings. The first-order chi connectivity index (χ1) is 13.9. The van der Waals surface area contributed by atoms with E-state index in [0.717, 1.165) is 28.5 Å². The first kappa shape index (κ1) is 20.4. The van der Waals surface area contributed by atoms with Gasteiger partial charge in [0.2, 0.25) is 0 Å². The molecule has 2 aromatic carbocycles. The second-order valence-electron chi connectivity index (χ2n) is 7.10. The molecule has 0 saturated heterocycles. The summed E-state index contributed by atoms with van der Waals surface area (Å²) in [6.45, 7) is 7.42. The van der Waals surface area contributed by atoms with E-state index in [4.69, 9.17) is 4.74 Å². The first-order valence-corrected chi connectivity index (χ1v) is 9.57. The summed E-state index contributed by atoms with van der Waals surface area (Å²) in [7, 11) is 3.61. The average molecular weight is 393 g/mol. The molecule has 29 heavy (non-hydrogen) atoms. The van der Waals surface area contributed by atoms with Crippen molar-refractivity contribution in [3.8, 4) is 11.5 Å². The van der Waals surface area contributed by atoms with Crippen molar-refractivity contribution in [2.75, 3.05) is 7.05 Å². The van der Waals surface area contributed by atoms with Gasteiger partial charge in [0.25, 0.3) is 0 Å². The highest BCUT2D eigenvalue weighted by molar-refractivity contribution is 5.79. The standard InChI is InChI=1S/C22H28N6O/c1-15-8-16(2)10-19(9-15)29-20-7-6-18(11-17(20)3)12-24-22(23-4)25-13-21-26-14-27-28(21)5/h6-11,14H,12-13H2,1-5H3,(H2,23,24,25). The summed E-state index contributed by atoms with van der Waals surface area (Å²) in [5.41, 5.74) is 4.62. The number of aliphatic imine (C=N–C) groups is 1. The van der Waals surface area contributed by atoms with Crippen LogP contribution in [0.15, 0.2) is 47.7 Å². The van der Waals surface area contributed by atoms with E-state index in [1.165, 1.54) is 17.5 Å². The summed E-state index contributed by atoms with van der Waals surface area (Å²) in [5.74, 6) is 3.28. The van der Waals surface area contributed by atoms with Crippen molar-refractivity contribution >= 4 is 5.96 Å². The van der Waals surface area contributed by atoms with Gasteiger partial charge in [0.05, 0.1) is 6.54 Å². The lowest BCUT2D eigenvalue weighted by molar-refractivity contribution is 0.478. The summed E-state index contributed by atoms with van der Waals surface area (Å²) in [5, 5.41) is 10.6. The van der Waals surface area contributed by atoms with Gasteiger partial charge in [0.1, 0.15) is 23.7 Å². The molecule has 0 fully saturated rings. The number of rotatable bonds is 6. The van der Waals surface area contributed by atoms with E-state index < -0.39 is 0 Å². The number of hydrogen-bond acceptors (Lipinski definition) is 4. The Morgan fingerprint density at radius 2 is 1.76 bits per heavy atom. The Balaban J connectivity index is 1.58. The molecule has 0 spiro atoms. The van der Waals surface area contributed by atoms with Crippen molar-refractivity contribution in [3.05, 3.63) is 70.8 Å². The lowest BCUT2D eigenvalue weighted by Gasteiger charge is -2.14. The van der Waals surface area contributed by atoms with Gasteiger partial charge in [-0.3, -0.25) is 9.67 Å². The molecule has 0 saturated carbocycles. The Kier molecular flexibility index (Phi) is 6.49. The molecule has 0 bridgehead atoms. The topological polar surface area (TPSA) is 76.4 Å². The predicted octanol–water partition coefficient (Wildman–Crippen LogP) is 3.40. The molecule has 0 unspecified atom stereocenters. The molecule has 1 heterocycles. The molecule has 7 heteroatoms. The molecule has 0 atom stereocenters. The van der Waals surface area contributed by atoms with E-state index in [9.17, 15) is 0 Å². The molecule has 152 valence electrons. The number of aromatic nitrogens is 3. The van der Waals surface area contributed by atoms with Gasteiger partial charge in [-0.15, -0.1) is 0 Å². The lowest BCUT2D eigenvalue weighted by Crippen LogP contribution is -2.36. The summed E-state index contributed by atoms with van der Waals surface area (Å²) >= 11 is 0. The van der Waals surface area contributed by atoms with Crippen molar-refractivity contribution in [2.45, 2.75) is 33.9 Å². The zero-order valence-corrected chi connectivity index (χ0v) is 17.7. The molecule has 0 radical (unpaired) electrons. The largest absolute Gasteiger partial charge is 0.457 e. The van der Waals surface area contributed by atoms with Crippen LogP contribution in [0, 0.1) is 20.8 Å². The van der Waals surface area contributed by atoms with Crippen molar-refractivity contribution in [1.29, 1.82) is 0 Å². The molecule has 7 nitrogen and oxygen atoms in total. The minimum Gasteiger partial charge on any atom is -0.457 e. The predicted molar refractivity (Wildman–Crippen MR) is 115 cm³/mol. The minimum absolute atomic E-state index is 0.553. The number of nitrogens with zero attached hydrogens (tertiary/aromatic N) is 4. The number of benzene rings is 2. The fourth-order valence-corrected chi connectivity index (χ4v) is 3.10. The number of ether oxygens (including phenoxy) is 1. The molecule has 2 N–H and O–H groups in total. The van der Waals surface area contributed by atoms with Crippen LogP contribution < -0.4 is 15.4 Å². The third kappa shape index (κ3) is 5.57. The Bertz CT molecular complexity index is 988. The number of nitrogens with one attached hydrogen (secondary N) is 2. The highest BCUT2D eigenvalue weighted by Crippen LogP contribution is 2.27. The third-order valence-corrected chi connectivity index (χ3v) is 4.57. The Morgan fingerprint density at radius 1 is 1.03 bits per heavy atom. The van der Waals surface area contributed by atoms with Crippen LogP contribution in [0.2, 0.25) is 0 Å². The number of guanidine groups is 1. The first-order valence-electron chi connectivity index (χ1n) is 9.57. The monoisotopic (exact) mass is 392 g/mol. The molecule has 0 aliphatic heterocycles. The molecule has 0 aliphatic carbocycles. The fourth-order valence-electron chi connectivity index (χ4n) is 3.10. The van der Waals surface area contributed by atoms with E-state index in [1.54, 1.807) is 11.7 Å². The smallest absolute Gasteiger partial charge is 0.191 e. The van der Waals surface area contributed by atoms with Crippen molar-refractivity contribution < 1.29 is 4.74 Å². The lowest BCUT2D eigenvalue weighted by atomic mass is 10.1. The number of aryl methyl sites for hydroxylation is 4. The van der Waals surface area contributed by atoms with E-state index >= 15 is 0 Å². The zero-order chi connectivity index (χ0) is 20.8. The van der Waals surface area contributed by atoms with Crippen molar-refractivity contribution in [3.63, 3.8) is 0 Å². The normalized spacial score (nSPS) is 11.4. The Hall–Kier alpha value is -3.35. The molecule has 0 amide bonds. The van der Waals surface area contributed by atoms with Gasteiger partial charge < -0.3 is 15.4 Å². The van der Waals surface area contributed by atoms with Crippen LogP contribution in [0.5, 0.6) is 11.5 Å². The molecule has 3 rings (SSSR count). The number of hydrogen-bond donors (Lipinski definition) is 2. The zero-order valence-electron chi connectivity index (χ0n) is 17.7. The van der Waals surface area contributed by atoms with Gasteiger partial charge in [0, 0.05) is 20.6 Å². The van der Waals surface area contributed by atoms with E-state index in [0.29, 0.717) is 19.0 Å². The molecule has 1 aromatic heterocycles. The second kappa shape index (κ2) is 9.23. The SMILES string of the molecule is CN=C(NCc1ccc(Oc2cc(C)cc(C)c2)c(C)c1)NCc1ncnn1C. The van der Waals surface area contributed by atoms with Crippen LogP contribution in [-0.2, 0) is 20.1 Å². The van der Waals surface area contributed by atoms with Gasteiger partial charge in [-0.25, -0.2) is 4.98 Å². The summed E-state index contributed by atoms with van der Waals surface area (Å²) in [4.78, 5) is 8.46. The van der Waals surface area contributed by atoms with Crippen LogP contribution in [-0.4, -0.2) is 27.8 Å². The highest BCUT2D eigenvalue weighted by Gasteiger charge is 2.06.